The van der Waals surface area contributed by atoms with Crippen molar-refractivity contribution in [3.8, 4) is 0 Å². The van der Waals surface area contributed by atoms with Crippen LogP contribution in [0.25, 0.3) is 0 Å². The van der Waals surface area contributed by atoms with Crippen molar-refractivity contribution >= 4 is 5.97 Å². The van der Waals surface area contributed by atoms with Crippen molar-refractivity contribution in [1.29, 1.82) is 0 Å². The molecule has 0 aliphatic heterocycles. The summed E-state index contributed by atoms with van der Waals surface area (Å²) < 4.78 is 4.63. The van der Waals surface area contributed by atoms with E-state index in [1.54, 1.807) is 0 Å². The van der Waals surface area contributed by atoms with Crippen LogP contribution in [0.1, 0.15) is 58.9 Å². The van der Waals surface area contributed by atoms with Gasteiger partial charge in [0.15, 0.2) is 0 Å². The molecule has 0 fully saturated rings. The van der Waals surface area contributed by atoms with E-state index < -0.39 is 0 Å². The first-order valence-corrected chi connectivity index (χ1v) is 7.80. The van der Waals surface area contributed by atoms with E-state index in [4.69, 9.17) is 0 Å². The summed E-state index contributed by atoms with van der Waals surface area (Å²) in [7, 11) is 1.40. The fraction of sp³-hybridized carbons (Fsp3) is 0.450. The molecule has 0 heterocycles. The van der Waals surface area contributed by atoms with Crippen molar-refractivity contribution in [2.45, 2.75) is 53.4 Å². The van der Waals surface area contributed by atoms with Crippen LogP contribution in [-0.2, 0) is 9.53 Å². The molecule has 1 rings (SSSR count). The average molecular weight is 302 g/mol. The van der Waals surface area contributed by atoms with E-state index in [1.807, 2.05) is 37.3 Å². The molecule has 1 atom stereocenters. The highest BCUT2D eigenvalue weighted by molar-refractivity contribution is 5.77. The van der Waals surface area contributed by atoms with E-state index in [-0.39, 0.29) is 11.9 Å². The van der Waals surface area contributed by atoms with Gasteiger partial charge in [-0.05, 0) is 53.0 Å². The molecule has 2 heteroatoms. The first kappa shape index (κ1) is 20.2. The van der Waals surface area contributed by atoms with Gasteiger partial charge in [0.1, 0.15) is 0 Å². The molecule has 0 bridgehead atoms. The van der Waals surface area contributed by atoms with Crippen molar-refractivity contribution in [3.63, 3.8) is 0 Å². The third kappa shape index (κ3) is 9.17. The lowest BCUT2D eigenvalue weighted by molar-refractivity contribution is -0.141. The van der Waals surface area contributed by atoms with Gasteiger partial charge in [0.25, 0.3) is 0 Å². The summed E-state index contributed by atoms with van der Waals surface area (Å²) in [5, 5.41) is 0. The highest BCUT2D eigenvalue weighted by atomic mass is 16.5. The Balaban J connectivity index is 0.000000409. The number of ether oxygens (including phenoxy) is 1. The van der Waals surface area contributed by atoms with Crippen molar-refractivity contribution in [2.75, 3.05) is 7.11 Å². The van der Waals surface area contributed by atoms with Gasteiger partial charge in [0.05, 0.1) is 13.0 Å². The summed E-state index contributed by atoms with van der Waals surface area (Å²) in [5.74, 6) is -0.364. The van der Waals surface area contributed by atoms with Crippen molar-refractivity contribution in [2.24, 2.45) is 0 Å². The maximum atomic E-state index is 11.1. The molecule has 1 unspecified atom stereocenters. The minimum atomic E-state index is -0.193. The molecule has 0 spiro atoms. The van der Waals surface area contributed by atoms with Crippen LogP contribution in [-0.4, -0.2) is 13.1 Å². The molecular weight excluding hydrogens is 272 g/mol. The maximum Gasteiger partial charge on any atom is 0.312 e. The Morgan fingerprint density at radius 2 is 1.77 bits per heavy atom. The van der Waals surface area contributed by atoms with Gasteiger partial charge >= 0.3 is 5.97 Å². The van der Waals surface area contributed by atoms with Crippen molar-refractivity contribution in [1.82, 2.24) is 0 Å². The van der Waals surface area contributed by atoms with Crippen molar-refractivity contribution < 1.29 is 9.53 Å². The highest BCUT2D eigenvalue weighted by Crippen LogP contribution is 2.15. The Bertz CT molecular complexity index is 480. The molecule has 0 aromatic heterocycles. The quantitative estimate of drug-likeness (QED) is 0.518. The molecule has 1 aromatic carbocycles. The molecule has 22 heavy (non-hydrogen) atoms. The van der Waals surface area contributed by atoms with Gasteiger partial charge in [0, 0.05) is 0 Å². The Morgan fingerprint density at radius 3 is 2.23 bits per heavy atom. The van der Waals surface area contributed by atoms with Gasteiger partial charge in [0.2, 0.25) is 0 Å². The number of hydrogen-bond donors (Lipinski definition) is 0. The molecule has 0 aliphatic carbocycles. The Hall–Kier alpha value is -1.83. The number of methoxy groups -OCH3 is 1. The van der Waals surface area contributed by atoms with Crippen LogP contribution in [0.15, 0.2) is 53.6 Å². The van der Waals surface area contributed by atoms with E-state index >= 15 is 0 Å². The molecule has 122 valence electrons. The van der Waals surface area contributed by atoms with Crippen molar-refractivity contribution in [3.05, 3.63) is 59.2 Å². The van der Waals surface area contributed by atoms with E-state index in [0.29, 0.717) is 0 Å². The minimum Gasteiger partial charge on any atom is -0.469 e. The molecule has 1 aromatic rings. The number of allylic oxidation sites excluding steroid dienone is 4. The lowest BCUT2D eigenvalue weighted by atomic mass is 10.0. The summed E-state index contributed by atoms with van der Waals surface area (Å²) in [6.45, 7) is 10.4. The number of esters is 1. The van der Waals surface area contributed by atoms with Crippen LogP contribution < -0.4 is 0 Å². The third-order valence-electron chi connectivity index (χ3n) is 3.44. The molecular formula is C20H30O2. The fourth-order valence-electron chi connectivity index (χ4n) is 1.79. The van der Waals surface area contributed by atoms with Gasteiger partial charge in [-0.15, -0.1) is 0 Å². The predicted molar refractivity (Wildman–Crippen MR) is 95.0 cm³/mol. The molecule has 0 saturated heterocycles. The molecule has 0 radical (unpaired) electrons. The van der Waals surface area contributed by atoms with Crippen LogP contribution in [0.5, 0.6) is 0 Å². The van der Waals surface area contributed by atoms with E-state index in [9.17, 15) is 4.79 Å². The fourth-order valence-corrected chi connectivity index (χ4v) is 1.79. The van der Waals surface area contributed by atoms with E-state index in [1.165, 1.54) is 31.1 Å². The van der Waals surface area contributed by atoms with Gasteiger partial charge in [-0.2, -0.15) is 0 Å². The topological polar surface area (TPSA) is 26.3 Å². The molecule has 2 nitrogen and oxygen atoms in total. The standard InChI is InChI=1S/C10H12O2.C10H18/c1-8(10(11)12-2)9-6-4-3-5-7-9;1-5-10(4)8-6-7-9(2)3/h3-8H,1-2H3;5,7H,6,8H2,1-4H3/b;10-5+. The second-order valence-electron chi connectivity index (χ2n) is 5.61. The largest absolute Gasteiger partial charge is 0.469 e. The number of carbonyl (C=O) groups is 1. The highest BCUT2D eigenvalue weighted by Gasteiger charge is 2.14. The lowest BCUT2D eigenvalue weighted by Crippen LogP contribution is -2.10. The zero-order chi connectivity index (χ0) is 17.0. The summed E-state index contributed by atoms with van der Waals surface area (Å²) >= 11 is 0. The summed E-state index contributed by atoms with van der Waals surface area (Å²) in [4.78, 5) is 11.1. The van der Waals surface area contributed by atoms with Crippen LogP contribution >= 0.6 is 0 Å². The summed E-state index contributed by atoms with van der Waals surface area (Å²) in [6.07, 6.45) is 6.87. The number of rotatable bonds is 5. The lowest BCUT2D eigenvalue weighted by Gasteiger charge is -2.08. The second kappa shape index (κ2) is 11.8. The number of hydrogen-bond acceptors (Lipinski definition) is 2. The normalized spacial score (nSPS) is 11.8. The Labute approximate surface area is 135 Å². The van der Waals surface area contributed by atoms with Gasteiger partial charge in [-0.1, -0.05) is 53.6 Å². The summed E-state index contributed by atoms with van der Waals surface area (Å²) in [6, 6.07) is 9.58. The molecule has 0 aliphatic rings. The zero-order valence-corrected chi connectivity index (χ0v) is 14.8. The van der Waals surface area contributed by atoms with Crippen LogP contribution in [0.4, 0.5) is 0 Å². The number of carbonyl (C=O) groups excluding carboxylic acids is 1. The Kier molecular flexibility index (Phi) is 10.8. The number of benzene rings is 1. The monoisotopic (exact) mass is 302 g/mol. The van der Waals surface area contributed by atoms with Crippen LogP contribution in [0, 0.1) is 0 Å². The first-order chi connectivity index (χ1) is 10.4. The summed E-state index contributed by atoms with van der Waals surface area (Å²) in [5.41, 5.74) is 3.89. The minimum absolute atomic E-state index is 0.170. The third-order valence-corrected chi connectivity index (χ3v) is 3.44. The Morgan fingerprint density at radius 1 is 1.18 bits per heavy atom. The van der Waals surface area contributed by atoms with Gasteiger partial charge in [-0.3, -0.25) is 4.79 Å². The second-order valence-corrected chi connectivity index (χ2v) is 5.61. The van der Waals surface area contributed by atoms with E-state index in [0.717, 1.165) is 5.56 Å². The van der Waals surface area contributed by atoms with Gasteiger partial charge in [-0.25, -0.2) is 0 Å². The van der Waals surface area contributed by atoms with E-state index in [2.05, 4.69) is 44.6 Å². The molecule has 0 saturated carbocycles. The van der Waals surface area contributed by atoms with Crippen LogP contribution in [0.2, 0.25) is 0 Å². The smallest absolute Gasteiger partial charge is 0.312 e. The maximum absolute atomic E-state index is 11.1. The molecule has 0 amide bonds. The van der Waals surface area contributed by atoms with Gasteiger partial charge < -0.3 is 4.74 Å². The first-order valence-electron chi connectivity index (χ1n) is 7.80. The van der Waals surface area contributed by atoms with Crippen LogP contribution in [0.3, 0.4) is 0 Å². The average Bonchev–Trinajstić information content (AvgIpc) is 2.54. The predicted octanol–water partition coefficient (Wildman–Crippen LogP) is 5.66. The zero-order valence-electron chi connectivity index (χ0n) is 14.8. The molecule has 0 N–H and O–H groups in total. The SMILES string of the molecule is C/C=C(\C)CCC=C(C)C.COC(=O)C(C)c1ccccc1.